The second kappa shape index (κ2) is 9.89. The van der Waals surface area contributed by atoms with Gasteiger partial charge < -0.3 is 25.4 Å². The Hall–Kier alpha value is -1.38. The maximum absolute atomic E-state index is 12.4. The number of carbonyl (C=O) groups excluding carboxylic acids is 1. The number of fused-ring (bicyclic) bond motifs is 2. The molecule has 1 aliphatic heterocycles. The van der Waals surface area contributed by atoms with Gasteiger partial charge in [0.05, 0.1) is 23.2 Å². The molecular formula is C19H28Cl2N4O3. The van der Waals surface area contributed by atoms with Gasteiger partial charge in [0.25, 0.3) is 0 Å². The van der Waals surface area contributed by atoms with Crippen LogP contribution in [0.2, 0.25) is 0 Å². The SMILES string of the molecule is Cl.Cl.O=C(CCn1c(CO)nc2ccccc21)N[C@H]1C[C@H]2CNC[C@H]2C[C@@H]1O. The number of aliphatic hydroxyl groups is 2. The molecule has 28 heavy (non-hydrogen) atoms. The molecule has 1 aromatic carbocycles. The van der Waals surface area contributed by atoms with Crippen LogP contribution >= 0.6 is 24.8 Å². The van der Waals surface area contributed by atoms with Crippen molar-refractivity contribution in [1.29, 1.82) is 0 Å². The molecule has 2 fully saturated rings. The topological polar surface area (TPSA) is 99.4 Å². The summed E-state index contributed by atoms with van der Waals surface area (Å²) < 4.78 is 1.89. The van der Waals surface area contributed by atoms with E-state index in [-0.39, 0.29) is 43.4 Å². The van der Waals surface area contributed by atoms with Crippen molar-refractivity contribution in [3.05, 3.63) is 30.1 Å². The number of imidazole rings is 1. The van der Waals surface area contributed by atoms with E-state index in [1.54, 1.807) is 0 Å². The lowest BCUT2D eigenvalue weighted by atomic mass is 9.77. The third-order valence-electron chi connectivity index (χ3n) is 5.83. The number of aromatic nitrogens is 2. The fourth-order valence-corrected chi connectivity index (χ4v) is 4.44. The van der Waals surface area contributed by atoms with E-state index < -0.39 is 6.10 Å². The van der Waals surface area contributed by atoms with Gasteiger partial charge >= 0.3 is 0 Å². The molecule has 0 unspecified atom stereocenters. The second-order valence-corrected chi connectivity index (χ2v) is 7.47. The normalized spacial score (nSPS) is 26.2. The van der Waals surface area contributed by atoms with Gasteiger partial charge in [-0.15, -0.1) is 24.8 Å². The quantitative estimate of drug-likeness (QED) is 0.571. The van der Waals surface area contributed by atoms with Crippen LogP contribution in [0.25, 0.3) is 11.0 Å². The Balaban J connectivity index is 0.00000140. The molecule has 4 atom stereocenters. The fraction of sp³-hybridized carbons (Fsp3) is 0.579. The van der Waals surface area contributed by atoms with Crippen LogP contribution in [-0.2, 0) is 17.9 Å². The summed E-state index contributed by atoms with van der Waals surface area (Å²) in [5, 5.41) is 26.3. The van der Waals surface area contributed by atoms with Crippen LogP contribution in [0.15, 0.2) is 24.3 Å². The molecule has 2 heterocycles. The van der Waals surface area contributed by atoms with Crippen LogP contribution in [0.4, 0.5) is 0 Å². The molecule has 9 heteroatoms. The van der Waals surface area contributed by atoms with Gasteiger partial charge in [0.1, 0.15) is 12.4 Å². The lowest BCUT2D eigenvalue weighted by molar-refractivity contribution is -0.123. The second-order valence-electron chi connectivity index (χ2n) is 7.47. The number of aliphatic hydroxyl groups excluding tert-OH is 2. The number of halogens is 2. The molecule has 4 N–H and O–H groups in total. The van der Waals surface area contributed by atoms with Crippen LogP contribution in [0.5, 0.6) is 0 Å². The summed E-state index contributed by atoms with van der Waals surface area (Å²) in [6, 6.07) is 7.50. The van der Waals surface area contributed by atoms with E-state index in [2.05, 4.69) is 15.6 Å². The number of rotatable bonds is 5. The van der Waals surface area contributed by atoms with E-state index in [0.717, 1.165) is 37.0 Å². The predicted octanol–water partition coefficient (Wildman–Crippen LogP) is 1.24. The van der Waals surface area contributed by atoms with E-state index in [4.69, 9.17) is 0 Å². The molecular weight excluding hydrogens is 403 g/mol. The summed E-state index contributed by atoms with van der Waals surface area (Å²) in [4.78, 5) is 16.9. The lowest BCUT2D eigenvalue weighted by Gasteiger charge is -2.35. The number of hydrogen-bond acceptors (Lipinski definition) is 5. The van der Waals surface area contributed by atoms with Crippen molar-refractivity contribution in [3.63, 3.8) is 0 Å². The Kier molecular flexibility index (Phi) is 8.09. The molecule has 4 rings (SSSR count). The zero-order chi connectivity index (χ0) is 18.1. The minimum absolute atomic E-state index is 0. The molecule has 0 radical (unpaired) electrons. The summed E-state index contributed by atoms with van der Waals surface area (Å²) in [6.07, 6.45) is 1.41. The standard InChI is InChI=1S/C19H26N4O3.2ClH/c24-11-18-21-14-3-1-2-4-16(14)23(18)6-5-19(26)22-15-7-12-9-20-10-13(12)8-17(15)25;;/h1-4,12-13,15,17,20,24-25H,5-11H2,(H,22,26);2*1H/t12-,13+,15-,17-;;/m0../s1. The van der Waals surface area contributed by atoms with Crippen molar-refractivity contribution in [1.82, 2.24) is 20.2 Å². The highest BCUT2D eigenvalue weighted by molar-refractivity contribution is 5.85. The predicted molar refractivity (Wildman–Crippen MR) is 112 cm³/mol. The molecule has 0 bridgehead atoms. The Bertz CT molecular complexity index is 801. The van der Waals surface area contributed by atoms with E-state index in [9.17, 15) is 15.0 Å². The van der Waals surface area contributed by atoms with Crippen molar-refractivity contribution in [3.8, 4) is 0 Å². The van der Waals surface area contributed by atoms with Crippen LogP contribution in [0, 0.1) is 11.8 Å². The molecule has 1 aliphatic carbocycles. The highest BCUT2D eigenvalue weighted by Gasteiger charge is 2.39. The summed E-state index contributed by atoms with van der Waals surface area (Å²) >= 11 is 0. The number of amides is 1. The van der Waals surface area contributed by atoms with E-state index in [1.807, 2.05) is 28.8 Å². The number of benzene rings is 1. The minimum atomic E-state index is -0.470. The van der Waals surface area contributed by atoms with Gasteiger partial charge in [-0.3, -0.25) is 4.79 Å². The first kappa shape index (κ1) is 22.9. The summed E-state index contributed by atoms with van der Waals surface area (Å²) in [7, 11) is 0. The van der Waals surface area contributed by atoms with Crippen LogP contribution in [-0.4, -0.2) is 50.9 Å². The molecule has 1 saturated carbocycles. The molecule has 1 aromatic heterocycles. The Labute approximate surface area is 176 Å². The maximum atomic E-state index is 12.4. The van der Waals surface area contributed by atoms with Gasteiger partial charge in [-0.25, -0.2) is 4.98 Å². The lowest BCUT2D eigenvalue weighted by Crippen LogP contribution is -2.49. The van der Waals surface area contributed by atoms with Crippen molar-refractivity contribution >= 4 is 41.8 Å². The van der Waals surface area contributed by atoms with Crippen molar-refractivity contribution in [2.75, 3.05) is 13.1 Å². The number of nitrogens with one attached hydrogen (secondary N) is 2. The van der Waals surface area contributed by atoms with Crippen molar-refractivity contribution in [2.24, 2.45) is 11.8 Å². The Morgan fingerprint density at radius 1 is 1.21 bits per heavy atom. The van der Waals surface area contributed by atoms with Crippen LogP contribution in [0.3, 0.4) is 0 Å². The van der Waals surface area contributed by atoms with E-state index >= 15 is 0 Å². The van der Waals surface area contributed by atoms with Gasteiger partial charge in [0.15, 0.2) is 0 Å². The molecule has 156 valence electrons. The number of aryl methyl sites for hydroxylation is 1. The first-order valence-corrected chi connectivity index (χ1v) is 9.39. The zero-order valence-corrected chi connectivity index (χ0v) is 17.2. The smallest absolute Gasteiger partial charge is 0.222 e. The third-order valence-corrected chi connectivity index (χ3v) is 5.83. The third kappa shape index (κ3) is 4.60. The highest BCUT2D eigenvalue weighted by Crippen LogP contribution is 2.33. The highest BCUT2D eigenvalue weighted by atomic mass is 35.5. The van der Waals surface area contributed by atoms with Crippen LogP contribution in [0.1, 0.15) is 25.1 Å². The summed E-state index contributed by atoms with van der Waals surface area (Å²) in [6.45, 7) is 2.25. The maximum Gasteiger partial charge on any atom is 0.222 e. The Morgan fingerprint density at radius 2 is 1.93 bits per heavy atom. The Morgan fingerprint density at radius 3 is 2.68 bits per heavy atom. The molecule has 0 spiro atoms. The van der Waals surface area contributed by atoms with E-state index in [1.165, 1.54) is 0 Å². The first-order valence-electron chi connectivity index (χ1n) is 9.39. The molecule has 2 aliphatic rings. The minimum Gasteiger partial charge on any atom is -0.391 e. The molecule has 2 aromatic rings. The zero-order valence-electron chi connectivity index (χ0n) is 15.6. The van der Waals surface area contributed by atoms with Gasteiger partial charge in [-0.2, -0.15) is 0 Å². The number of hydrogen-bond donors (Lipinski definition) is 4. The van der Waals surface area contributed by atoms with Crippen LogP contribution < -0.4 is 10.6 Å². The molecule has 7 nitrogen and oxygen atoms in total. The summed E-state index contributed by atoms with van der Waals surface area (Å²) in [5.41, 5.74) is 1.74. The average Bonchev–Trinajstić information content (AvgIpc) is 3.23. The number of nitrogens with zero attached hydrogens (tertiary/aromatic N) is 2. The molecule has 1 amide bonds. The van der Waals surface area contributed by atoms with Crippen molar-refractivity contribution < 1.29 is 15.0 Å². The van der Waals surface area contributed by atoms with E-state index in [0.29, 0.717) is 30.6 Å². The number of carbonyl (C=O) groups is 1. The fourth-order valence-electron chi connectivity index (χ4n) is 4.44. The van der Waals surface area contributed by atoms with Gasteiger partial charge in [0, 0.05) is 13.0 Å². The average molecular weight is 431 g/mol. The monoisotopic (exact) mass is 430 g/mol. The summed E-state index contributed by atoms with van der Waals surface area (Å²) in [5.74, 6) is 1.57. The largest absolute Gasteiger partial charge is 0.391 e. The molecule has 1 saturated heterocycles. The first-order chi connectivity index (χ1) is 12.7. The van der Waals surface area contributed by atoms with Gasteiger partial charge in [-0.05, 0) is 49.9 Å². The number of para-hydroxylation sites is 2. The van der Waals surface area contributed by atoms with Gasteiger partial charge in [0.2, 0.25) is 5.91 Å². The van der Waals surface area contributed by atoms with Crippen molar-refractivity contribution in [2.45, 2.75) is 44.6 Å². The van der Waals surface area contributed by atoms with Gasteiger partial charge in [-0.1, -0.05) is 12.1 Å².